The van der Waals surface area contributed by atoms with Crippen LogP contribution in [0.1, 0.15) is 17.5 Å². The molecule has 4 rings (SSSR count). The summed E-state index contributed by atoms with van der Waals surface area (Å²) in [6, 6.07) is 10.1. The number of urea groups is 1. The van der Waals surface area contributed by atoms with Gasteiger partial charge in [-0.1, -0.05) is 24.3 Å². The SMILES string of the molecule is [B]C(F)(F)c1cccc(-c2ccc3c(n2)N(C(=O)Nc2ccnc(OCC(O)CO)n2)CCC3)c1. The van der Waals surface area contributed by atoms with Crippen LogP contribution >= 0.6 is 0 Å². The van der Waals surface area contributed by atoms with Crippen LogP contribution in [0.5, 0.6) is 6.01 Å². The molecule has 1 aromatic carbocycles. The minimum atomic E-state index is -3.48. The minimum Gasteiger partial charge on any atom is -0.461 e. The van der Waals surface area contributed by atoms with Gasteiger partial charge < -0.3 is 14.9 Å². The normalized spacial score (nSPS) is 14.2. The van der Waals surface area contributed by atoms with E-state index in [1.165, 1.54) is 35.4 Å². The van der Waals surface area contributed by atoms with Gasteiger partial charge in [0, 0.05) is 23.9 Å². The Morgan fingerprint density at radius 2 is 2.09 bits per heavy atom. The molecule has 0 aliphatic carbocycles. The number of pyridine rings is 1. The molecule has 0 bridgehead atoms. The van der Waals surface area contributed by atoms with E-state index in [0.29, 0.717) is 36.5 Å². The Labute approximate surface area is 201 Å². The molecule has 12 heteroatoms. The summed E-state index contributed by atoms with van der Waals surface area (Å²) < 4.78 is 32.4. The Morgan fingerprint density at radius 1 is 1.26 bits per heavy atom. The predicted molar refractivity (Wildman–Crippen MR) is 125 cm³/mol. The molecular formula is C23H22BF2N5O4. The van der Waals surface area contributed by atoms with Crippen molar-refractivity contribution >= 4 is 25.5 Å². The number of rotatable bonds is 7. The fourth-order valence-electron chi connectivity index (χ4n) is 3.56. The van der Waals surface area contributed by atoms with Crippen LogP contribution in [0.15, 0.2) is 48.7 Å². The van der Waals surface area contributed by atoms with E-state index < -0.39 is 24.6 Å². The van der Waals surface area contributed by atoms with Crippen molar-refractivity contribution in [3.05, 3.63) is 59.8 Å². The number of carbonyl (C=O) groups excluding carboxylic acids is 1. The van der Waals surface area contributed by atoms with Crippen molar-refractivity contribution in [3.63, 3.8) is 0 Å². The summed E-state index contributed by atoms with van der Waals surface area (Å²) in [5, 5.41) is 20.9. The van der Waals surface area contributed by atoms with Crippen LogP contribution in [0.4, 0.5) is 25.2 Å². The lowest BCUT2D eigenvalue weighted by Gasteiger charge is -2.28. The molecule has 35 heavy (non-hydrogen) atoms. The smallest absolute Gasteiger partial charge is 0.328 e. The van der Waals surface area contributed by atoms with Gasteiger partial charge in [-0.2, -0.15) is 4.98 Å². The number of aliphatic hydroxyl groups excluding tert-OH is 2. The highest BCUT2D eigenvalue weighted by atomic mass is 19.3. The average Bonchev–Trinajstić information content (AvgIpc) is 2.86. The van der Waals surface area contributed by atoms with Crippen molar-refractivity contribution in [3.8, 4) is 17.3 Å². The number of aryl methyl sites for hydroxylation is 1. The molecule has 0 spiro atoms. The van der Waals surface area contributed by atoms with Crippen LogP contribution in [-0.4, -0.2) is 64.9 Å². The number of alkyl halides is 2. The fourth-order valence-corrected chi connectivity index (χ4v) is 3.56. The number of aliphatic hydroxyl groups is 2. The second-order valence-electron chi connectivity index (χ2n) is 7.94. The molecule has 3 aromatic rings. The predicted octanol–water partition coefficient (Wildman–Crippen LogP) is 2.47. The lowest BCUT2D eigenvalue weighted by atomic mass is 9.89. The molecule has 2 amide bonds. The summed E-state index contributed by atoms with van der Waals surface area (Å²) in [5.74, 6) is -2.89. The van der Waals surface area contributed by atoms with Crippen molar-refractivity contribution in [1.29, 1.82) is 0 Å². The van der Waals surface area contributed by atoms with Crippen molar-refractivity contribution in [2.45, 2.75) is 24.8 Å². The molecule has 180 valence electrons. The first-order valence-electron chi connectivity index (χ1n) is 10.9. The summed E-state index contributed by atoms with van der Waals surface area (Å²) in [6.45, 7) is -0.288. The van der Waals surface area contributed by atoms with Gasteiger partial charge in [0.05, 0.1) is 12.3 Å². The van der Waals surface area contributed by atoms with E-state index in [1.54, 1.807) is 12.1 Å². The zero-order valence-corrected chi connectivity index (χ0v) is 18.6. The van der Waals surface area contributed by atoms with Gasteiger partial charge in [0.25, 0.3) is 0 Å². The average molecular weight is 481 g/mol. The molecule has 1 aliphatic heterocycles. The Kier molecular flexibility index (Phi) is 7.22. The molecule has 2 radical (unpaired) electrons. The van der Waals surface area contributed by atoms with Gasteiger partial charge in [0.15, 0.2) is 7.85 Å². The molecule has 9 nitrogen and oxygen atoms in total. The molecule has 0 saturated carbocycles. The molecule has 1 unspecified atom stereocenters. The van der Waals surface area contributed by atoms with E-state index in [1.807, 2.05) is 6.07 Å². The number of amides is 2. The van der Waals surface area contributed by atoms with E-state index in [-0.39, 0.29) is 24.0 Å². The molecule has 0 saturated heterocycles. The highest BCUT2D eigenvalue weighted by Gasteiger charge is 2.26. The third-order valence-electron chi connectivity index (χ3n) is 5.31. The maximum absolute atomic E-state index is 13.6. The van der Waals surface area contributed by atoms with Gasteiger partial charge >= 0.3 is 12.0 Å². The number of benzene rings is 1. The first-order chi connectivity index (χ1) is 16.7. The molecule has 0 fully saturated rings. The molecule has 3 heterocycles. The van der Waals surface area contributed by atoms with Gasteiger partial charge in [-0.25, -0.2) is 23.5 Å². The summed E-state index contributed by atoms with van der Waals surface area (Å²) in [4.78, 5) is 27.1. The van der Waals surface area contributed by atoms with Crippen molar-refractivity contribution in [2.24, 2.45) is 0 Å². The van der Waals surface area contributed by atoms with Crippen molar-refractivity contribution in [2.75, 3.05) is 30.0 Å². The Balaban J connectivity index is 1.55. The number of aromatic nitrogens is 3. The van der Waals surface area contributed by atoms with Gasteiger partial charge in [-0.3, -0.25) is 10.2 Å². The number of carbonyl (C=O) groups is 1. The molecule has 1 atom stereocenters. The second kappa shape index (κ2) is 10.3. The maximum Gasteiger partial charge on any atom is 0.328 e. The number of ether oxygens (including phenoxy) is 1. The van der Waals surface area contributed by atoms with E-state index >= 15 is 0 Å². The summed E-state index contributed by atoms with van der Waals surface area (Å²) >= 11 is 0. The topological polar surface area (TPSA) is 121 Å². The first kappa shape index (κ1) is 24.5. The number of nitrogens with zero attached hydrogens (tertiary/aromatic N) is 4. The monoisotopic (exact) mass is 481 g/mol. The number of nitrogens with one attached hydrogen (secondary N) is 1. The van der Waals surface area contributed by atoms with Gasteiger partial charge in [-0.15, -0.1) is 0 Å². The summed E-state index contributed by atoms with van der Waals surface area (Å²) in [6.07, 6.45) is 1.72. The van der Waals surface area contributed by atoms with Gasteiger partial charge in [-0.05, 0) is 36.6 Å². The highest BCUT2D eigenvalue weighted by molar-refractivity contribution is 6.13. The number of hydrogen-bond acceptors (Lipinski definition) is 7. The van der Waals surface area contributed by atoms with E-state index in [0.717, 1.165) is 5.56 Å². The minimum absolute atomic E-state index is 0.0775. The van der Waals surface area contributed by atoms with Crippen molar-refractivity contribution < 1.29 is 28.5 Å². The zero-order valence-electron chi connectivity index (χ0n) is 18.6. The molecular weight excluding hydrogens is 459 g/mol. The van der Waals surface area contributed by atoms with Gasteiger partial charge in [0.1, 0.15) is 24.3 Å². The standard InChI is InChI=1S/C23H22BF2N5O4/c24-23(25,26)16-5-1-3-15(11-16)18-7-6-14-4-2-10-31(20(14)28-18)22(34)30-19-8-9-27-21(29-19)35-13-17(33)12-32/h1,3,5-9,11,17,32-33H,2,4,10,12-13H2,(H,27,29,30,34). The van der Waals surface area contributed by atoms with E-state index in [4.69, 9.17) is 17.7 Å². The number of hydrogen-bond donors (Lipinski definition) is 3. The lowest BCUT2D eigenvalue weighted by molar-refractivity contribution is 0.0505. The van der Waals surface area contributed by atoms with E-state index in [9.17, 15) is 18.7 Å². The fraction of sp³-hybridized carbons (Fsp3) is 0.304. The van der Waals surface area contributed by atoms with Crippen LogP contribution in [-0.2, 0) is 12.2 Å². The molecule has 3 N–H and O–H groups in total. The molecule has 2 aromatic heterocycles. The second-order valence-corrected chi connectivity index (χ2v) is 7.94. The third kappa shape index (κ3) is 5.90. The first-order valence-corrected chi connectivity index (χ1v) is 10.9. The Morgan fingerprint density at radius 3 is 2.86 bits per heavy atom. The maximum atomic E-state index is 13.6. The Hall–Kier alpha value is -3.64. The number of anilines is 2. The zero-order chi connectivity index (χ0) is 25.0. The van der Waals surface area contributed by atoms with Crippen molar-refractivity contribution in [1.82, 2.24) is 15.0 Å². The summed E-state index contributed by atoms with van der Waals surface area (Å²) in [7, 11) is 4.94. The Bertz CT molecular complexity index is 1210. The lowest BCUT2D eigenvalue weighted by Crippen LogP contribution is -2.39. The highest BCUT2D eigenvalue weighted by Crippen LogP contribution is 2.32. The summed E-state index contributed by atoms with van der Waals surface area (Å²) in [5.41, 5.74) is 1.39. The van der Waals surface area contributed by atoms with Crippen LogP contribution in [0.3, 0.4) is 0 Å². The third-order valence-corrected chi connectivity index (χ3v) is 5.31. The van der Waals surface area contributed by atoms with Crippen LogP contribution < -0.4 is 15.0 Å². The molecule has 1 aliphatic rings. The van der Waals surface area contributed by atoms with Crippen LogP contribution in [0.25, 0.3) is 11.3 Å². The largest absolute Gasteiger partial charge is 0.461 e. The van der Waals surface area contributed by atoms with Crippen LogP contribution in [0.2, 0.25) is 0 Å². The van der Waals surface area contributed by atoms with Crippen LogP contribution in [0, 0.1) is 0 Å². The van der Waals surface area contributed by atoms with E-state index in [2.05, 4.69) is 20.3 Å². The number of fused-ring (bicyclic) bond motifs is 1. The quantitative estimate of drug-likeness (QED) is 0.444. The van der Waals surface area contributed by atoms with Gasteiger partial charge in [0.2, 0.25) is 5.82 Å². The number of halogens is 2.